The summed E-state index contributed by atoms with van der Waals surface area (Å²) in [5, 5.41) is 14.3. The van der Waals surface area contributed by atoms with E-state index in [0.717, 1.165) is 44.7 Å². The van der Waals surface area contributed by atoms with Gasteiger partial charge in [0.15, 0.2) is 0 Å². The number of benzene rings is 2. The van der Waals surface area contributed by atoms with E-state index >= 15 is 0 Å². The average Bonchev–Trinajstić information content (AvgIpc) is 3.20. The predicted octanol–water partition coefficient (Wildman–Crippen LogP) is 3.23. The maximum Gasteiger partial charge on any atom is 0.292 e. The molecule has 0 bridgehead atoms. The monoisotopic (exact) mass is 394 g/mol. The summed E-state index contributed by atoms with van der Waals surface area (Å²) >= 11 is 0. The van der Waals surface area contributed by atoms with Crippen molar-refractivity contribution in [2.24, 2.45) is 0 Å². The number of nitro benzene ring substituents is 1. The zero-order valence-corrected chi connectivity index (χ0v) is 16.5. The van der Waals surface area contributed by atoms with Crippen molar-refractivity contribution in [1.29, 1.82) is 0 Å². The number of nitrogens with zero attached hydrogens (tertiary/aromatic N) is 3. The van der Waals surface area contributed by atoms with Crippen LogP contribution in [-0.2, 0) is 17.6 Å². The normalized spacial score (nSPS) is 16.5. The third-order valence-electron chi connectivity index (χ3n) is 5.83. The SMILES string of the molecule is O=C(CCN1CCN(c2ccccc2[N+](=O)[O-])CC1)Nc1ccc2c(c1)CCC2. The molecule has 2 aromatic carbocycles. The van der Waals surface area contributed by atoms with Gasteiger partial charge in [-0.25, -0.2) is 0 Å². The quantitative estimate of drug-likeness (QED) is 0.601. The Balaban J connectivity index is 1.25. The lowest BCUT2D eigenvalue weighted by molar-refractivity contribution is -0.384. The van der Waals surface area contributed by atoms with Crippen molar-refractivity contribution < 1.29 is 9.72 Å². The first-order chi connectivity index (χ1) is 14.1. The average molecular weight is 394 g/mol. The fourth-order valence-electron chi connectivity index (χ4n) is 4.23. The minimum Gasteiger partial charge on any atom is -0.363 e. The molecule has 1 heterocycles. The second kappa shape index (κ2) is 8.61. The van der Waals surface area contributed by atoms with E-state index < -0.39 is 0 Å². The minimum atomic E-state index is -0.328. The Bertz CT molecular complexity index is 907. The summed E-state index contributed by atoms with van der Waals surface area (Å²) in [5.74, 6) is 0.0315. The molecule has 0 saturated carbocycles. The first-order valence-corrected chi connectivity index (χ1v) is 10.2. The van der Waals surface area contributed by atoms with Gasteiger partial charge >= 0.3 is 0 Å². The number of aryl methyl sites for hydroxylation is 2. The number of hydrogen-bond donors (Lipinski definition) is 1. The fourth-order valence-corrected chi connectivity index (χ4v) is 4.23. The van der Waals surface area contributed by atoms with Crippen LogP contribution in [0.1, 0.15) is 24.0 Å². The maximum absolute atomic E-state index is 12.3. The van der Waals surface area contributed by atoms with E-state index in [2.05, 4.69) is 27.2 Å². The highest BCUT2D eigenvalue weighted by Crippen LogP contribution is 2.28. The van der Waals surface area contributed by atoms with Crippen LogP contribution in [0.3, 0.4) is 0 Å². The summed E-state index contributed by atoms with van der Waals surface area (Å²) < 4.78 is 0. The Morgan fingerprint density at radius 2 is 1.79 bits per heavy atom. The van der Waals surface area contributed by atoms with Gasteiger partial charge in [-0.05, 0) is 48.6 Å². The summed E-state index contributed by atoms with van der Waals surface area (Å²) in [6.07, 6.45) is 3.89. The molecule has 7 nitrogen and oxygen atoms in total. The molecule has 2 aromatic rings. The first-order valence-electron chi connectivity index (χ1n) is 10.2. The largest absolute Gasteiger partial charge is 0.363 e. The van der Waals surface area contributed by atoms with Crippen molar-refractivity contribution >= 4 is 23.0 Å². The van der Waals surface area contributed by atoms with Crippen molar-refractivity contribution in [2.45, 2.75) is 25.7 Å². The molecular weight excluding hydrogens is 368 g/mol. The predicted molar refractivity (Wildman–Crippen MR) is 113 cm³/mol. The standard InChI is InChI=1S/C22H26N4O3/c27-22(23-19-9-8-17-4-3-5-18(17)16-19)10-11-24-12-14-25(15-13-24)20-6-1-2-7-21(20)26(28)29/h1-2,6-9,16H,3-5,10-15H2,(H,23,27). The highest BCUT2D eigenvalue weighted by molar-refractivity contribution is 5.91. The first kappa shape index (κ1) is 19.4. The Labute approximate surface area is 170 Å². The fraction of sp³-hybridized carbons (Fsp3) is 0.409. The molecule has 1 aliphatic carbocycles. The van der Waals surface area contributed by atoms with Crippen LogP contribution in [0, 0.1) is 10.1 Å². The van der Waals surface area contributed by atoms with Gasteiger partial charge in [0.1, 0.15) is 5.69 Å². The highest BCUT2D eigenvalue weighted by Gasteiger charge is 2.23. The summed E-state index contributed by atoms with van der Waals surface area (Å²) in [4.78, 5) is 27.6. The van der Waals surface area contributed by atoms with Gasteiger partial charge in [0, 0.05) is 50.9 Å². The second-order valence-corrected chi connectivity index (χ2v) is 7.71. The second-order valence-electron chi connectivity index (χ2n) is 7.71. The number of nitro groups is 1. The molecule has 0 aromatic heterocycles. The van der Waals surface area contributed by atoms with E-state index in [1.54, 1.807) is 18.2 Å². The molecule has 1 aliphatic heterocycles. The van der Waals surface area contributed by atoms with Gasteiger partial charge in [-0.3, -0.25) is 19.8 Å². The molecule has 0 unspecified atom stereocenters. The molecule has 1 fully saturated rings. The number of carbonyl (C=O) groups excluding carboxylic acids is 1. The van der Waals surface area contributed by atoms with E-state index in [4.69, 9.17) is 0 Å². The molecule has 1 saturated heterocycles. The van der Waals surface area contributed by atoms with Gasteiger partial charge in [0.2, 0.25) is 5.91 Å². The third-order valence-corrected chi connectivity index (χ3v) is 5.83. The number of rotatable bonds is 6. The van der Waals surface area contributed by atoms with Crippen molar-refractivity contribution in [3.63, 3.8) is 0 Å². The van der Waals surface area contributed by atoms with Gasteiger partial charge in [0.05, 0.1) is 4.92 Å². The number of amides is 1. The van der Waals surface area contributed by atoms with Crippen molar-refractivity contribution in [1.82, 2.24) is 4.90 Å². The van der Waals surface area contributed by atoms with E-state index in [0.29, 0.717) is 18.7 Å². The number of para-hydroxylation sites is 2. The lowest BCUT2D eigenvalue weighted by Gasteiger charge is -2.35. The van der Waals surface area contributed by atoms with E-state index in [1.165, 1.54) is 17.5 Å². The van der Waals surface area contributed by atoms with Gasteiger partial charge in [-0.15, -0.1) is 0 Å². The van der Waals surface area contributed by atoms with Crippen molar-refractivity contribution in [3.05, 3.63) is 63.7 Å². The van der Waals surface area contributed by atoms with Crippen LogP contribution in [0.2, 0.25) is 0 Å². The maximum atomic E-state index is 12.3. The van der Waals surface area contributed by atoms with E-state index in [-0.39, 0.29) is 16.5 Å². The molecule has 7 heteroatoms. The smallest absolute Gasteiger partial charge is 0.292 e. The summed E-state index contributed by atoms with van der Waals surface area (Å²) in [6.45, 7) is 3.71. The van der Waals surface area contributed by atoms with Crippen molar-refractivity contribution in [2.75, 3.05) is 42.9 Å². The zero-order chi connectivity index (χ0) is 20.2. The molecule has 0 atom stereocenters. The van der Waals surface area contributed by atoms with Crippen LogP contribution in [-0.4, -0.2) is 48.5 Å². The zero-order valence-electron chi connectivity index (χ0n) is 16.5. The van der Waals surface area contributed by atoms with Crippen LogP contribution in [0.4, 0.5) is 17.1 Å². The molecule has 29 heavy (non-hydrogen) atoms. The Morgan fingerprint density at radius 1 is 1.03 bits per heavy atom. The molecule has 4 rings (SSSR count). The van der Waals surface area contributed by atoms with Crippen molar-refractivity contribution in [3.8, 4) is 0 Å². The summed E-state index contributed by atoms with van der Waals surface area (Å²) in [6, 6.07) is 13.1. The van der Waals surface area contributed by atoms with Crippen LogP contribution < -0.4 is 10.2 Å². The number of nitrogens with one attached hydrogen (secondary N) is 1. The summed E-state index contributed by atoms with van der Waals surface area (Å²) in [7, 11) is 0. The summed E-state index contributed by atoms with van der Waals surface area (Å²) in [5.41, 5.74) is 4.46. The number of fused-ring (bicyclic) bond motifs is 1. The van der Waals surface area contributed by atoms with E-state index in [9.17, 15) is 14.9 Å². The molecule has 1 N–H and O–H groups in total. The molecular formula is C22H26N4O3. The lowest BCUT2D eigenvalue weighted by atomic mass is 10.1. The topological polar surface area (TPSA) is 78.7 Å². The Hall–Kier alpha value is -2.93. The Kier molecular flexibility index (Phi) is 5.76. The molecule has 0 radical (unpaired) electrons. The number of piperazine rings is 1. The molecule has 2 aliphatic rings. The van der Waals surface area contributed by atoms with Gasteiger partial charge in [-0.1, -0.05) is 18.2 Å². The molecule has 0 spiro atoms. The van der Waals surface area contributed by atoms with E-state index in [1.807, 2.05) is 12.1 Å². The molecule has 152 valence electrons. The molecule has 1 amide bonds. The number of hydrogen-bond acceptors (Lipinski definition) is 5. The van der Waals surface area contributed by atoms with Gasteiger partial charge in [-0.2, -0.15) is 0 Å². The number of anilines is 2. The van der Waals surface area contributed by atoms with Crippen LogP contribution >= 0.6 is 0 Å². The number of carbonyl (C=O) groups is 1. The van der Waals surface area contributed by atoms with Crippen LogP contribution in [0.25, 0.3) is 0 Å². The Morgan fingerprint density at radius 3 is 2.59 bits per heavy atom. The van der Waals surface area contributed by atoms with Crippen LogP contribution in [0.5, 0.6) is 0 Å². The minimum absolute atomic E-state index is 0.0315. The van der Waals surface area contributed by atoms with Crippen LogP contribution in [0.15, 0.2) is 42.5 Å². The highest BCUT2D eigenvalue weighted by atomic mass is 16.6. The lowest BCUT2D eigenvalue weighted by Crippen LogP contribution is -2.47. The van der Waals surface area contributed by atoms with Gasteiger partial charge < -0.3 is 10.2 Å². The third kappa shape index (κ3) is 4.56. The van der Waals surface area contributed by atoms with Gasteiger partial charge in [0.25, 0.3) is 5.69 Å².